The van der Waals surface area contributed by atoms with Gasteiger partial charge >= 0.3 is 0 Å². The van der Waals surface area contributed by atoms with E-state index < -0.39 is 0 Å². The number of hydrogen-bond donors (Lipinski definition) is 2. The van der Waals surface area contributed by atoms with Crippen LogP contribution >= 0.6 is 11.8 Å². The van der Waals surface area contributed by atoms with Gasteiger partial charge in [-0.15, -0.1) is 0 Å². The van der Waals surface area contributed by atoms with Crippen LogP contribution in [0.15, 0.2) is 52.4 Å². The van der Waals surface area contributed by atoms with Crippen LogP contribution in [0.25, 0.3) is 10.9 Å². The molecule has 0 aliphatic rings. The first-order chi connectivity index (χ1) is 10.1. The molecule has 0 fully saturated rings. The number of benzene rings is 2. The summed E-state index contributed by atoms with van der Waals surface area (Å²) in [7, 11) is 0. The molecule has 0 bridgehead atoms. The fraction of sp³-hybridized carbons (Fsp3) is 0.125. The number of nitrogens with zero attached hydrogens (tertiary/aromatic N) is 1. The fourth-order valence-corrected chi connectivity index (χ4v) is 3.07. The molecule has 106 valence electrons. The quantitative estimate of drug-likeness (QED) is 0.442. The highest BCUT2D eigenvalue weighted by atomic mass is 32.2. The Hall–Kier alpha value is -2.27. The minimum atomic E-state index is -0.153. The normalized spacial score (nSPS) is 10.9. The molecule has 0 atom stereocenters. The average Bonchev–Trinajstić information content (AvgIpc) is 2.47. The van der Waals surface area contributed by atoms with Crippen LogP contribution in [-0.4, -0.2) is 9.97 Å². The van der Waals surface area contributed by atoms with E-state index >= 15 is 0 Å². The zero-order chi connectivity index (χ0) is 14.8. The predicted octanol–water partition coefficient (Wildman–Crippen LogP) is 3.11. The first kappa shape index (κ1) is 13.7. The highest BCUT2D eigenvalue weighted by Gasteiger charge is 2.06. The molecule has 2 aromatic carbocycles. The van der Waals surface area contributed by atoms with Crippen LogP contribution in [0.1, 0.15) is 11.1 Å². The van der Waals surface area contributed by atoms with E-state index in [1.807, 2.05) is 12.1 Å². The summed E-state index contributed by atoms with van der Waals surface area (Å²) < 4.78 is 0. The number of anilines is 1. The smallest absolute Gasteiger partial charge is 0.259 e. The SMILES string of the molecule is Cc1ccccc1CSc1nc2ccc(N)cc2c(=O)[nH]1. The molecule has 0 amide bonds. The number of hydrogen-bond acceptors (Lipinski definition) is 4. The summed E-state index contributed by atoms with van der Waals surface area (Å²) in [5.41, 5.74) is 9.25. The molecular formula is C16H15N3OS. The van der Waals surface area contributed by atoms with Crippen molar-refractivity contribution in [3.8, 4) is 0 Å². The van der Waals surface area contributed by atoms with Crippen LogP contribution in [0.5, 0.6) is 0 Å². The third kappa shape index (κ3) is 2.92. The summed E-state index contributed by atoms with van der Waals surface area (Å²) in [5.74, 6) is 0.774. The first-order valence-electron chi connectivity index (χ1n) is 6.60. The van der Waals surface area contributed by atoms with Gasteiger partial charge in [-0.25, -0.2) is 4.98 Å². The van der Waals surface area contributed by atoms with E-state index in [1.54, 1.807) is 18.2 Å². The van der Waals surface area contributed by atoms with Gasteiger partial charge in [-0.3, -0.25) is 4.79 Å². The summed E-state index contributed by atoms with van der Waals surface area (Å²) in [6, 6.07) is 13.4. The molecular weight excluding hydrogens is 282 g/mol. The largest absolute Gasteiger partial charge is 0.399 e. The molecule has 1 heterocycles. The number of nitrogens with two attached hydrogens (primary N) is 1. The third-order valence-electron chi connectivity index (χ3n) is 3.33. The maximum absolute atomic E-state index is 12.1. The first-order valence-corrected chi connectivity index (χ1v) is 7.59. The van der Waals surface area contributed by atoms with Gasteiger partial charge in [-0.1, -0.05) is 36.0 Å². The van der Waals surface area contributed by atoms with Crippen molar-refractivity contribution in [3.63, 3.8) is 0 Å². The van der Waals surface area contributed by atoms with E-state index in [2.05, 4.69) is 29.0 Å². The monoisotopic (exact) mass is 297 g/mol. The molecule has 0 radical (unpaired) electrons. The van der Waals surface area contributed by atoms with E-state index in [1.165, 1.54) is 22.9 Å². The summed E-state index contributed by atoms with van der Waals surface area (Å²) in [6.45, 7) is 2.08. The van der Waals surface area contributed by atoms with Crippen LogP contribution in [0.3, 0.4) is 0 Å². The molecule has 0 unspecified atom stereocenters. The van der Waals surface area contributed by atoms with Gasteiger partial charge in [-0.05, 0) is 36.2 Å². The Balaban J connectivity index is 1.90. The third-order valence-corrected chi connectivity index (χ3v) is 4.26. The number of aryl methyl sites for hydroxylation is 1. The predicted molar refractivity (Wildman–Crippen MR) is 87.5 cm³/mol. The molecule has 3 rings (SSSR count). The number of fused-ring (bicyclic) bond motifs is 1. The van der Waals surface area contributed by atoms with Gasteiger partial charge < -0.3 is 10.7 Å². The maximum atomic E-state index is 12.1. The van der Waals surface area contributed by atoms with Gasteiger partial charge in [-0.2, -0.15) is 0 Å². The van der Waals surface area contributed by atoms with Crippen molar-refractivity contribution in [2.24, 2.45) is 0 Å². The number of thioether (sulfide) groups is 1. The lowest BCUT2D eigenvalue weighted by molar-refractivity contribution is 0.973. The van der Waals surface area contributed by atoms with Gasteiger partial charge in [0.2, 0.25) is 0 Å². The minimum absolute atomic E-state index is 0.153. The van der Waals surface area contributed by atoms with Crippen LogP contribution in [-0.2, 0) is 5.75 Å². The molecule has 5 heteroatoms. The Morgan fingerprint density at radius 2 is 2.05 bits per heavy atom. The fourth-order valence-electron chi connectivity index (χ4n) is 2.12. The Morgan fingerprint density at radius 1 is 1.24 bits per heavy atom. The van der Waals surface area contributed by atoms with Crippen molar-refractivity contribution in [2.45, 2.75) is 17.8 Å². The number of nitrogens with one attached hydrogen (secondary N) is 1. The van der Waals surface area contributed by atoms with E-state index in [-0.39, 0.29) is 5.56 Å². The lowest BCUT2D eigenvalue weighted by atomic mass is 10.1. The van der Waals surface area contributed by atoms with E-state index in [9.17, 15) is 4.79 Å². The molecule has 0 aliphatic carbocycles. The second kappa shape index (κ2) is 5.61. The molecule has 4 nitrogen and oxygen atoms in total. The van der Waals surface area contributed by atoms with Crippen LogP contribution in [0, 0.1) is 6.92 Å². The zero-order valence-corrected chi connectivity index (χ0v) is 12.4. The van der Waals surface area contributed by atoms with Gasteiger partial charge in [0.15, 0.2) is 5.16 Å². The van der Waals surface area contributed by atoms with Crippen molar-refractivity contribution in [2.75, 3.05) is 5.73 Å². The number of rotatable bonds is 3. The summed E-state index contributed by atoms with van der Waals surface area (Å²) >= 11 is 1.52. The number of nitrogen functional groups attached to an aromatic ring is 1. The molecule has 3 aromatic rings. The van der Waals surface area contributed by atoms with Gasteiger partial charge in [0.1, 0.15) is 0 Å². The van der Waals surface area contributed by atoms with Crippen LogP contribution < -0.4 is 11.3 Å². The Kier molecular flexibility index (Phi) is 3.66. The Bertz CT molecular complexity index is 858. The molecule has 0 saturated heterocycles. The van der Waals surface area contributed by atoms with Crippen molar-refractivity contribution in [1.29, 1.82) is 0 Å². The highest BCUT2D eigenvalue weighted by Crippen LogP contribution is 2.22. The van der Waals surface area contributed by atoms with Gasteiger partial charge in [0.25, 0.3) is 5.56 Å². The second-order valence-electron chi connectivity index (χ2n) is 4.86. The Labute approximate surface area is 126 Å². The highest BCUT2D eigenvalue weighted by molar-refractivity contribution is 7.98. The van der Waals surface area contributed by atoms with Crippen molar-refractivity contribution in [3.05, 3.63) is 63.9 Å². The van der Waals surface area contributed by atoms with Crippen molar-refractivity contribution in [1.82, 2.24) is 9.97 Å². The summed E-state index contributed by atoms with van der Waals surface area (Å²) in [6.07, 6.45) is 0. The van der Waals surface area contributed by atoms with Crippen LogP contribution in [0.2, 0.25) is 0 Å². The second-order valence-corrected chi connectivity index (χ2v) is 5.83. The molecule has 1 aromatic heterocycles. The summed E-state index contributed by atoms with van der Waals surface area (Å²) in [4.78, 5) is 19.3. The average molecular weight is 297 g/mol. The van der Waals surface area contributed by atoms with Crippen molar-refractivity contribution < 1.29 is 0 Å². The van der Waals surface area contributed by atoms with E-state index in [0.717, 1.165) is 5.75 Å². The standard InChI is InChI=1S/C16H15N3OS/c1-10-4-2-3-5-11(10)9-21-16-18-14-7-6-12(17)8-13(14)15(20)19-16/h2-8H,9,17H2,1H3,(H,18,19,20). The summed E-state index contributed by atoms with van der Waals surface area (Å²) in [5, 5.41) is 1.15. The topological polar surface area (TPSA) is 71.8 Å². The molecule has 3 N–H and O–H groups in total. The molecule has 0 aliphatic heterocycles. The van der Waals surface area contributed by atoms with Crippen molar-refractivity contribution >= 4 is 28.4 Å². The molecule has 21 heavy (non-hydrogen) atoms. The van der Waals surface area contributed by atoms with Crippen LogP contribution in [0.4, 0.5) is 5.69 Å². The lowest BCUT2D eigenvalue weighted by Crippen LogP contribution is -2.09. The molecule has 0 spiro atoms. The molecule has 0 saturated carbocycles. The number of H-pyrrole nitrogens is 1. The van der Waals surface area contributed by atoms with Gasteiger partial charge in [0.05, 0.1) is 10.9 Å². The maximum Gasteiger partial charge on any atom is 0.259 e. The minimum Gasteiger partial charge on any atom is -0.399 e. The number of aromatic amines is 1. The Morgan fingerprint density at radius 3 is 2.86 bits per heavy atom. The van der Waals surface area contributed by atoms with Gasteiger partial charge in [0, 0.05) is 11.4 Å². The number of aromatic nitrogens is 2. The lowest BCUT2D eigenvalue weighted by Gasteiger charge is -2.06. The van der Waals surface area contributed by atoms with E-state index in [4.69, 9.17) is 5.73 Å². The zero-order valence-electron chi connectivity index (χ0n) is 11.6. The van der Waals surface area contributed by atoms with E-state index in [0.29, 0.717) is 21.7 Å².